The summed E-state index contributed by atoms with van der Waals surface area (Å²) in [6.07, 6.45) is 0. The average molecular weight is 242 g/mol. The van der Waals surface area contributed by atoms with E-state index in [9.17, 15) is 9.18 Å². The number of hydrogen-bond donors (Lipinski definition) is 0. The largest absolute Gasteiger partial charge is 0.328 e. The molecule has 3 nitrogen and oxygen atoms in total. The van der Waals surface area contributed by atoms with Crippen molar-refractivity contribution in [1.29, 1.82) is 0 Å². The molecule has 2 aromatic rings. The molecule has 0 saturated heterocycles. The first-order chi connectivity index (χ1) is 8.74. The number of carbonyl (C=O) groups is 1. The predicted octanol–water partition coefficient (Wildman–Crippen LogP) is 2.38. The first-order valence-electron chi connectivity index (χ1n) is 5.72. The lowest BCUT2D eigenvalue weighted by Crippen LogP contribution is -2.23. The van der Waals surface area contributed by atoms with Gasteiger partial charge in [-0.1, -0.05) is 24.3 Å². The maximum atomic E-state index is 13.0. The summed E-state index contributed by atoms with van der Waals surface area (Å²) in [6.45, 7) is 0.901. The van der Waals surface area contributed by atoms with Gasteiger partial charge in [0.15, 0.2) is 0 Å². The number of fused-ring (bicyclic) bond motifs is 1. The highest BCUT2D eigenvalue weighted by Gasteiger charge is 2.26. The summed E-state index contributed by atoms with van der Waals surface area (Å²) in [5.74, 6) is -0.534. The zero-order valence-corrected chi connectivity index (χ0v) is 9.64. The summed E-state index contributed by atoms with van der Waals surface area (Å²) < 4.78 is 13.0. The topological polar surface area (TPSA) is 33.2 Å². The smallest absolute Gasteiger partial charge is 0.254 e. The van der Waals surface area contributed by atoms with Crippen LogP contribution in [0, 0.1) is 5.95 Å². The Hall–Kier alpha value is -2.23. The molecule has 1 aliphatic heterocycles. The number of hydrogen-bond acceptors (Lipinski definition) is 2. The van der Waals surface area contributed by atoms with E-state index in [2.05, 4.69) is 4.98 Å². The highest BCUT2D eigenvalue weighted by molar-refractivity contribution is 5.98. The van der Waals surface area contributed by atoms with Crippen LogP contribution in [0.15, 0.2) is 42.5 Å². The van der Waals surface area contributed by atoms with Crippen molar-refractivity contribution in [2.75, 3.05) is 0 Å². The number of halogens is 1. The molecule has 1 aromatic heterocycles. The molecule has 0 unspecified atom stereocenters. The van der Waals surface area contributed by atoms with Crippen molar-refractivity contribution in [2.45, 2.75) is 13.1 Å². The molecule has 1 aliphatic rings. The van der Waals surface area contributed by atoms with Gasteiger partial charge in [-0.05, 0) is 23.8 Å². The van der Waals surface area contributed by atoms with Gasteiger partial charge < -0.3 is 4.90 Å². The van der Waals surface area contributed by atoms with E-state index >= 15 is 0 Å². The number of pyridine rings is 1. The third kappa shape index (κ3) is 1.86. The van der Waals surface area contributed by atoms with Gasteiger partial charge in [-0.25, -0.2) is 4.98 Å². The Bertz CT molecular complexity index is 612. The minimum Gasteiger partial charge on any atom is -0.328 e. The third-order valence-electron chi connectivity index (χ3n) is 3.02. The highest BCUT2D eigenvalue weighted by Crippen LogP contribution is 2.23. The van der Waals surface area contributed by atoms with Crippen LogP contribution in [-0.2, 0) is 13.1 Å². The van der Waals surface area contributed by atoms with Gasteiger partial charge in [0, 0.05) is 12.1 Å². The number of nitrogens with zero attached hydrogens (tertiary/aromatic N) is 2. The van der Waals surface area contributed by atoms with E-state index < -0.39 is 5.95 Å². The van der Waals surface area contributed by atoms with E-state index in [0.717, 1.165) is 11.1 Å². The minimum absolute atomic E-state index is 0.0170. The molecule has 4 heteroatoms. The molecule has 90 valence electrons. The van der Waals surface area contributed by atoms with Gasteiger partial charge in [-0.2, -0.15) is 4.39 Å². The number of rotatable bonds is 2. The molecule has 18 heavy (non-hydrogen) atoms. The third-order valence-corrected chi connectivity index (χ3v) is 3.02. The van der Waals surface area contributed by atoms with E-state index in [1.807, 2.05) is 24.3 Å². The number of carbonyl (C=O) groups excluding carboxylic acids is 1. The lowest BCUT2D eigenvalue weighted by molar-refractivity contribution is 0.0764. The van der Waals surface area contributed by atoms with Crippen molar-refractivity contribution in [1.82, 2.24) is 9.88 Å². The second kappa shape index (κ2) is 4.22. The van der Waals surface area contributed by atoms with E-state index in [1.165, 1.54) is 6.07 Å². The van der Waals surface area contributed by atoms with Crippen molar-refractivity contribution < 1.29 is 9.18 Å². The van der Waals surface area contributed by atoms with Crippen LogP contribution in [-0.4, -0.2) is 15.8 Å². The highest BCUT2D eigenvalue weighted by atomic mass is 19.1. The molecule has 0 aliphatic carbocycles. The standard InChI is InChI=1S/C14H11FN2O/c15-13-7-3-5-11(16-13)9-17-8-10-4-1-2-6-12(10)14(17)18/h1-7H,8-9H2. The molecule has 0 fully saturated rings. The molecule has 2 heterocycles. The zero-order chi connectivity index (χ0) is 12.5. The van der Waals surface area contributed by atoms with Crippen molar-refractivity contribution in [3.05, 3.63) is 65.2 Å². The molecule has 1 amide bonds. The molecule has 3 rings (SSSR count). The molecule has 0 spiro atoms. The van der Waals surface area contributed by atoms with Crippen LogP contribution in [0.1, 0.15) is 21.6 Å². The second-order valence-electron chi connectivity index (χ2n) is 4.27. The summed E-state index contributed by atoms with van der Waals surface area (Å²) in [6, 6.07) is 12.1. The molecule has 0 saturated carbocycles. The van der Waals surface area contributed by atoms with E-state index in [0.29, 0.717) is 18.8 Å². The fourth-order valence-corrected chi connectivity index (χ4v) is 2.18. The maximum Gasteiger partial charge on any atom is 0.254 e. The van der Waals surface area contributed by atoms with Gasteiger partial charge in [0.2, 0.25) is 5.95 Å². The number of aromatic nitrogens is 1. The van der Waals surface area contributed by atoms with Crippen LogP contribution < -0.4 is 0 Å². The maximum absolute atomic E-state index is 13.0. The Morgan fingerprint density at radius 3 is 2.78 bits per heavy atom. The Morgan fingerprint density at radius 1 is 1.17 bits per heavy atom. The molecule has 0 radical (unpaired) electrons. The quantitative estimate of drug-likeness (QED) is 0.757. The SMILES string of the molecule is O=C1c2ccccc2CN1Cc1cccc(F)n1. The Kier molecular flexibility index (Phi) is 2.55. The monoisotopic (exact) mass is 242 g/mol. The normalized spacial score (nSPS) is 13.8. The van der Waals surface area contributed by atoms with E-state index in [4.69, 9.17) is 0 Å². The van der Waals surface area contributed by atoms with Crippen LogP contribution in [0.4, 0.5) is 4.39 Å². The van der Waals surface area contributed by atoms with Gasteiger partial charge >= 0.3 is 0 Å². The fraction of sp³-hybridized carbons (Fsp3) is 0.143. The number of amides is 1. The van der Waals surface area contributed by atoms with Crippen molar-refractivity contribution >= 4 is 5.91 Å². The average Bonchev–Trinajstić information content (AvgIpc) is 2.67. The zero-order valence-electron chi connectivity index (χ0n) is 9.64. The van der Waals surface area contributed by atoms with Crippen molar-refractivity contribution in [2.24, 2.45) is 0 Å². The summed E-state index contributed by atoms with van der Waals surface area (Å²) >= 11 is 0. The lowest BCUT2D eigenvalue weighted by Gasteiger charge is -2.14. The van der Waals surface area contributed by atoms with Crippen LogP contribution in [0.5, 0.6) is 0 Å². The van der Waals surface area contributed by atoms with Crippen LogP contribution >= 0.6 is 0 Å². The summed E-state index contributed by atoms with van der Waals surface area (Å²) in [5, 5.41) is 0. The molecular weight excluding hydrogens is 231 g/mol. The van der Waals surface area contributed by atoms with Crippen molar-refractivity contribution in [3.8, 4) is 0 Å². The van der Waals surface area contributed by atoms with Gasteiger partial charge in [0.25, 0.3) is 5.91 Å². The second-order valence-corrected chi connectivity index (χ2v) is 4.27. The first-order valence-corrected chi connectivity index (χ1v) is 5.72. The molecule has 0 bridgehead atoms. The Balaban J connectivity index is 1.83. The van der Waals surface area contributed by atoms with Crippen LogP contribution in [0.25, 0.3) is 0 Å². The van der Waals surface area contributed by atoms with Crippen LogP contribution in [0.2, 0.25) is 0 Å². The predicted molar refractivity (Wildman–Crippen MR) is 64.2 cm³/mol. The van der Waals surface area contributed by atoms with Gasteiger partial charge in [-0.15, -0.1) is 0 Å². The molecular formula is C14H11FN2O. The van der Waals surface area contributed by atoms with Crippen molar-refractivity contribution in [3.63, 3.8) is 0 Å². The fourth-order valence-electron chi connectivity index (χ4n) is 2.18. The Labute approximate surface area is 104 Å². The van der Waals surface area contributed by atoms with E-state index in [1.54, 1.807) is 17.0 Å². The summed E-state index contributed by atoms with van der Waals surface area (Å²) in [7, 11) is 0. The summed E-state index contributed by atoms with van der Waals surface area (Å²) in [5.41, 5.74) is 2.31. The molecule has 1 aromatic carbocycles. The van der Waals surface area contributed by atoms with Gasteiger partial charge in [0.05, 0.1) is 12.2 Å². The summed E-state index contributed by atoms with van der Waals surface area (Å²) in [4.78, 5) is 17.5. The molecule has 0 N–H and O–H groups in total. The molecule has 0 atom stereocenters. The Morgan fingerprint density at radius 2 is 2.00 bits per heavy atom. The van der Waals surface area contributed by atoms with Crippen LogP contribution in [0.3, 0.4) is 0 Å². The first kappa shape index (κ1) is 10.9. The van der Waals surface area contributed by atoms with Gasteiger partial charge in [0.1, 0.15) is 0 Å². The minimum atomic E-state index is -0.517. The van der Waals surface area contributed by atoms with Gasteiger partial charge in [-0.3, -0.25) is 4.79 Å². The van der Waals surface area contributed by atoms with E-state index in [-0.39, 0.29) is 5.91 Å². The number of benzene rings is 1. The lowest BCUT2D eigenvalue weighted by atomic mass is 10.1.